The number of hydrazone groups is 1. The average molecular weight is 382 g/mol. The molecule has 0 saturated carbocycles. The zero-order chi connectivity index (χ0) is 18.4. The van der Waals surface area contributed by atoms with Gasteiger partial charge in [-0.1, -0.05) is 0 Å². The number of hydrogen-bond acceptors (Lipinski definition) is 8. The van der Waals surface area contributed by atoms with Gasteiger partial charge in [-0.3, -0.25) is 0 Å². The Hall–Kier alpha value is -2.59. The van der Waals surface area contributed by atoms with E-state index in [1.807, 2.05) is 0 Å². The molecule has 0 unspecified atom stereocenters. The van der Waals surface area contributed by atoms with Crippen molar-refractivity contribution in [3.05, 3.63) is 47.5 Å². The molecule has 0 spiro atoms. The second-order valence-corrected chi connectivity index (χ2v) is 8.62. The fourth-order valence-electron chi connectivity index (χ4n) is 2.65. The third-order valence-corrected chi connectivity index (χ3v) is 4.40. The van der Waals surface area contributed by atoms with E-state index in [1.54, 1.807) is 12.1 Å². The maximum Gasteiger partial charge on any atom is 0.306 e. The van der Waals surface area contributed by atoms with Crippen molar-refractivity contribution >= 4 is 25.9 Å². The van der Waals surface area contributed by atoms with Gasteiger partial charge in [-0.05, 0) is 47.5 Å². The Morgan fingerprint density at radius 3 is 1.48 bits per heavy atom. The van der Waals surface area contributed by atoms with Crippen LogP contribution in [0.3, 0.4) is 0 Å². The summed E-state index contributed by atoms with van der Waals surface area (Å²) in [7, 11) is -7.34. The first-order valence-corrected chi connectivity index (χ1v) is 10.6. The normalized spacial score (nSPS) is 13.1. The molecule has 2 aromatic carbocycles. The van der Waals surface area contributed by atoms with E-state index in [2.05, 4.69) is 5.10 Å². The van der Waals surface area contributed by atoms with Crippen LogP contribution < -0.4 is 14.2 Å². The van der Waals surface area contributed by atoms with Crippen LogP contribution in [0.1, 0.15) is 11.1 Å². The van der Waals surface area contributed by atoms with Gasteiger partial charge in [0.15, 0.2) is 0 Å². The van der Waals surface area contributed by atoms with Crippen LogP contribution in [0.5, 0.6) is 11.5 Å². The third-order valence-electron chi connectivity index (χ3n) is 3.41. The van der Waals surface area contributed by atoms with Crippen LogP contribution in [0.4, 0.5) is 0 Å². The Balaban J connectivity index is 2.10. The molecule has 0 aromatic heterocycles. The van der Waals surface area contributed by atoms with E-state index < -0.39 is 20.2 Å². The van der Waals surface area contributed by atoms with E-state index in [4.69, 9.17) is 14.2 Å². The van der Waals surface area contributed by atoms with Crippen LogP contribution in [0, 0.1) is 0 Å². The molecule has 2 N–H and O–H groups in total. The lowest BCUT2D eigenvalue weighted by molar-refractivity contribution is 0.491. The predicted octanol–water partition coefficient (Wildman–Crippen LogP) is 1.05. The highest BCUT2D eigenvalue weighted by Gasteiger charge is 2.27. The minimum absolute atomic E-state index is 0.128. The number of fused-ring (bicyclic) bond motifs is 3. The fraction of sp³-hybridized carbons (Fsp3) is 0.133. The maximum absolute atomic E-state index is 11.3. The summed E-state index contributed by atoms with van der Waals surface area (Å²) < 4.78 is 54.9. The summed E-state index contributed by atoms with van der Waals surface area (Å²) in [6.45, 7) is 0. The molecule has 25 heavy (non-hydrogen) atoms. The summed E-state index contributed by atoms with van der Waals surface area (Å²) in [6.07, 6.45) is 1.89. The first kappa shape index (κ1) is 17.2. The second-order valence-electron chi connectivity index (χ2n) is 5.47. The smallest absolute Gasteiger partial charge is 0.306 e. The maximum atomic E-state index is 11.3. The van der Waals surface area contributed by atoms with E-state index >= 15 is 0 Å². The Bertz CT molecular complexity index is 1020. The number of nitrogens with zero attached hydrogens (tertiary/aromatic N) is 1. The Kier molecular flexibility index (Phi) is 3.96. The molecule has 0 radical (unpaired) electrons. The quantitative estimate of drug-likeness (QED) is 0.406. The minimum atomic E-state index is -3.67. The highest BCUT2D eigenvalue weighted by molar-refractivity contribution is 7.86. The number of hydrogen-bond donors (Lipinski definition) is 1. The highest BCUT2D eigenvalue weighted by Crippen LogP contribution is 2.40. The molecule has 3 rings (SSSR count). The molecule has 0 saturated heterocycles. The summed E-state index contributed by atoms with van der Waals surface area (Å²) in [5, 5.41) is 3.75. The lowest BCUT2D eigenvalue weighted by Gasteiger charge is -2.06. The monoisotopic (exact) mass is 382 g/mol. The van der Waals surface area contributed by atoms with Gasteiger partial charge in [0.2, 0.25) is 0 Å². The van der Waals surface area contributed by atoms with Gasteiger partial charge in [0.25, 0.3) is 0 Å². The van der Waals surface area contributed by atoms with E-state index in [-0.39, 0.29) is 11.5 Å². The number of nitrogens with two attached hydrogens (primary N) is 1. The molecule has 1 aliphatic rings. The average Bonchev–Trinajstić information content (AvgIpc) is 2.75. The van der Waals surface area contributed by atoms with Crippen molar-refractivity contribution in [2.75, 3.05) is 12.5 Å². The van der Waals surface area contributed by atoms with Crippen molar-refractivity contribution in [3.8, 4) is 22.6 Å². The SMILES string of the molecule is CS(=O)(=O)Oc1ccc2c(c1)C(=NN)c1cc(OS(C)(=O)=O)ccc1-2. The molecular formula is C15H14N2O6S2. The lowest BCUT2D eigenvalue weighted by atomic mass is 10.1. The van der Waals surface area contributed by atoms with Crippen LogP contribution in [-0.2, 0) is 20.2 Å². The van der Waals surface area contributed by atoms with Crippen molar-refractivity contribution in [2.45, 2.75) is 0 Å². The molecule has 0 aliphatic heterocycles. The van der Waals surface area contributed by atoms with Gasteiger partial charge in [0.1, 0.15) is 11.5 Å². The molecule has 1 aliphatic carbocycles. The minimum Gasteiger partial charge on any atom is -0.383 e. The number of benzene rings is 2. The van der Waals surface area contributed by atoms with Crippen molar-refractivity contribution in [2.24, 2.45) is 10.9 Å². The van der Waals surface area contributed by atoms with Gasteiger partial charge < -0.3 is 14.2 Å². The van der Waals surface area contributed by atoms with Gasteiger partial charge in [-0.25, -0.2) is 0 Å². The lowest BCUT2D eigenvalue weighted by Crippen LogP contribution is -2.08. The van der Waals surface area contributed by atoms with E-state index in [0.717, 1.165) is 23.6 Å². The standard InChI is InChI=1S/C15H14N2O6S2/c1-24(18,19)22-9-3-5-11-12-6-4-10(23-25(2,20)21)8-14(12)15(17-16)13(11)7-9/h3-8H,16H2,1-2H3. The first-order valence-electron chi connectivity index (χ1n) is 6.93. The largest absolute Gasteiger partial charge is 0.383 e. The van der Waals surface area contributed by atoms with Crippen molar-refractivity contribution in [3.63, 3.8) is 0 Å². The molecule has 0 heterocycles. The molecular weight excluding hydrogens is 368 g/mol. The molecule has 0 bridgehead atoms. The Morgan fingerprint density at radius 2 is 1.16 bits per heavy atom. The molecule has 0 amide bonds. The van der Waals surface area contributed by atoms with Crippen molar-refractivity contribution in [1.29, 1.82) is 0 Å². The van der Waals surface area contributed by atoms with Crippen molar-refractivity contribution < 1.29 is 25.2 Å². The molecule has 10 heteroatoms. The third kappa shape index (κ3) is 3.59. The van der Waals surface area contributed by atoms with Crippen molar-refractivity contribution in [1.82, 2.24) is 0 Å². The predicted molar refractivity (Wildman–Crippen MR) is 92.6 cm³/mol. The summed E-state index contributed by atoms with van der Waals surface area (Å²) in [5.41, 5.74) is 3.07. The Morgan fingerprint density at radius 1 is 0.760 bits per heavy atom. The molecule has 2 aromatic rings. The van der Waals surface area contributed by atoms with Crippen LogP contribution in [0.2, 0.25) is 0 Å². The fourth-order valence-corrected chi connectivity index (χ4v) is 3.55. The Labute approximate surface area is 145 Å². The van der Waals surface area contributed by atoms with E-state index in [0.29, 0.717) is 16.8 Å². The van der Waals surface area contributed by atoms with Gasteiger partial charge in [0.05, 0.1) is 18.2 Å². The summed E-state index contributed by atoms with van der Waals surface area (Å²) in [5.74, 6) is 5.74. The molecule has 132 valence electrons. The summed E-state index contributed by atoms with van der Waals surface area (Å²) in [6, 6.07) is 9.43. The zero-order valence-electron chi connectivity index (χ0n) is 13.3. The van der Waals surface area contributed by atoms with Crippen LogP contribution in [0.25, 0.3) is 11.1 Å². The van der Waals surface area contributed by atoms with Crippen LogP contribution >= 0.6 is 0 Å². The summed E-state index contributed by atoms with van der Waals surface area (Å²) >= 11 is 0. The van der Waals surface area contributed by atoms with Crippen LogP contribution in [0.15, 0.2) is 41.5 Å². The molecule has 8 nitrogen and oxygen atoms in total. The van der Waals surface area contributed by atoms with E-state index in [1.165, 1.54) is 24.3 Å². The molecule has 0 atom stereocenters. The van der Waals surface area contributed by atoms with Gasteiger partial charge in [-0.2, -0.15) is 21.9 Å². The second kappa shape index (κ2) is 5.74. The molecule has 0 fully saturated rings. The van der Waals surface area contributed by atoms with Gasteiger partial charge in [0, 0.05) is 11.1 Å². The van der Waals surface area contributed by atoms with Gasteiger partial charge in [-0.15, -0.1) is 0 Å². The zero-order valence-corrected chi connectivity index (χ0v) is 14.9. The topological polar surface area (TPSA) is 125 Å². The highest BCUT2D eigenvalue weighted by atomic mass is 32.2. The number of rotatable bonds is 4. The van der Waals surface area contributed by atoms with Crippen LogP contribution in [-0.4, -0.2) is 35.1 Å². The summed E-state index contributed by atoms with van der Waals surface area (Å²) in [4.78, 5) is 0. The first-order chi connectivity index (χ1) is 11.6. The van der Waals surface area contributed by atoms with E-state index in [9.17, 15) is 16.8 Å². The van der Waals surface area contributed by atoms with Gasteiger partial charge >= 0.3 is 20.2 Å².